The highest BCUT2D eigenvalue weighted by atomic mass is 16.3. The van der Waals surface area contributed by atoms with Crippen molar-refractivity contribution >= 4 is 11.8 Å². The summed E-state index contributed by atoms with van der Waals surface area (Å²) in [5.41, 5.74) is 0.819. The van der Waals surface area contributed by atoms with Crippen LogP contribution in [0.4, 0.5) is 0 Å². The van der Waals surface area contributed by atoms with Crippen LogP contribution in [0.5, 0.6) is 5.75 Å². The number of rotatable bonds is 4. The van der Waals surface area contributed by atoms with Crippen molar-refractivity contribution < 1.29 is 14.7 Å². The van der Waals surface area contributed by atoms with Crippen LogP contribution in [-0.4, -0.2) is 29.5 Å². The number of benzene rings is 1. The third kappa shape index (κ3) is 3.00. The third-order valence-corrected chi connectivity index (χ3v) is 2.83. The maximum Gasteiger partial charge on any atom is 0.255 e. The Morgan fingerprint density at radius 3 is 2.78 bits per heavy atom. The van der Waals surface area contributed by atoms with Crippen LogP contribution in [0, 0.1) is 6.92 Å². The molecule has 0 radical (unpaired) electrons. The number of phenols is 1. The molecule has 0 unspecified atom stereocenters. The average Bonchev–Trinajstić information content (AvgIpc) is 3.13. The molecular formula is C13H16N2O3. The van der Waals surface area contributed by atoms with Crippen molar-refractivity contribution in [1.82, 2.24) is 10.6 Å². The fourth-order valence-electron chi connectivity index (χ4n) is 1.60. The number of amides is 2. The predicted molar refractivity (Wildman–Crippen MR) is 66.3 cm³/mol. The van der Waals surface area contributed by atoms with Gasteiger partial charge in [0.15, 0.2) is 0 Å². The molecule has 2 amide bonds. The first kappa shape index (κ1) is 12.4. The van der Waals surface area contributed by atoms with Gasteiger partial charge in [-0.2, -0.15) is 0 Å². The summed E-state index contributed by atoms with van der Waals surface area (Å²) < 4.78 is 0. The Labute approximate surface area is 105 Å². The second kappa shape index (κ2) is 5.08. The van der Waals surface area contributed by atoms with Crippen molar-refractivity contribution in [2.75, 3.05) is 6.54 Å². The predicted octanol–water partition coefficient (Wildman–Crippen LogP) is 0.709. The van der Waals surface area contributed by atoms with Crippen LogP contribution in [0.25, 0.3) is 0 Å². The van der Waals surface area contributed by atoms with Crippen LogP contribution in [-0.2, 0) is 4.79 Å². The molecule has 1 aliphatic rings. The van der Waals surface area contributed by atoms with E-state index in [1.807, 2.05) is 0 Å². The van der Waals surface area contributed by atoms with Crippen LogP contribution < -0.4 is 10.6 Å². The number of phenolic OH excluding ortho intramolecular Hbond substituents is 1. The monoisotopic (exact) mass is 248 g/mol. The summed E-state index contributed by atoms with van der Waals surface area (Å²) in [6.07, 6.45) is 2.02. The van der Waals surface area contributed by atoms with Gasteiger partial charge in [-0.15, -0.1) is 0 Å². The van der Waals surface area contributed by atoms with Crippen molar-refractivity contribution in [1.29, 1.82) is 0 Å². The molecule has 1 aromatic rings. The van der Waals surface area contributed by atoms with E-state index in [1.165, 1.54) is 6.07 Å². The fraction of sp³-hybridized carbons (Fsp3) is 0.385. The normalized spacial score (nSPS) is 14.1. The molecule has 0 heterocycles. The molecule has 3 N–H and O–H groups in total. The van der Waals surface area contributed by atoms with Crippen molar-refractivity contribution in [3.05, 3.63) is 29.3 Å². The molecule has 18 heavy (non-hydrogen) atoms. The molecule has 1 fully saturated rings. The zero-order valence-electron chi connectivity index (χ0n) is 10.2. The van der Waals surface area contributed by atoms with E-state index in [0.29, 0.717) is 5.56 Å². The second-order valence-electron chi connectivity index (χ2n) is 4.50. The third-order valence-electron chi connectivity index (χ3n) is 2.83. The van der Waals surface area contributed by atoms with Crippen molar-refractivity contribution in [3.63, 3.8) is 0 Å². The minimum atomic E-state index is -0.442. The number of nitrogens with one attached hydrogen (secondary N) is 2. The molecule has 0 saturated heterocycles. The standard InChI is InChI=1S/C13H16N2O3/c1-8-3-2-4-10(12(8)17)13(18)14-7-11(16)15-9-5-6-9/h2-4,9,17H,5-7H2,1H3,(H,14,18)(H,15,16). The lowest BCUT2D eigenvalue weighted by Gasteiger charge is -2.08. The maximum atomic E-state index is 11.8. The number of hydrogen-bond donors (Lipinski definition) is 3. The van der Waals surface area contributed by atoms with Gasteiger partial charge in [-0.3, -0.25) is 9.59 Å². The number of hydrogen-bond acceptors (Lipinski definition) is 3. The Balaban J connectivity index is 1.90. The molecule has 5 heteroatoms. The molecule has 2 rings (SSSR count). The van der Waals surface area contributed by atoms with Crippen LogP contribution in [0.2, 0.25) is 0 Å². The van der Waals surface area contributed by atoms with Crippen LogP contribution in [0.3, 0.4) is 0 Å². The van der Waals surface area contributed by atoms with E-state index >= 15 is 0 Å². The van der Waals surface area contributed by atoms with Gasteiger partial charge < -0.3 is 15.7 Å². The molecule has 1 saturated carbocycles. The summed E-state index contributed by atoms with van der Waals surface area (Å²) in [7, 11) is 0. The first-order valence-electron chi connectivity index (χ1n) is 5.94. The largest absolute Gasteiger partial charge is 0.507 e. The Kier molecular flexibility index (Phi) is 3.50. The summed E-state index contributed by atoms with van der Waals surface area (Å²) in [6.45, 7) is 1.65. The Morgan fingerprint density at radius 2 is 2.11 bits per heavy atom. The van der Waals surface area contributed by atoms with Crippen molar-refractivity contribution in [2.24, 2.45) is 0 Å². The van der Waals surface area contributed by atoms with E-state index in [-0.39, 0.29) is 29.8 Å². The Hall–Kier alpha value is -2.04. The van der Waals surface area contributed by atoms with E-state index in [4.69, 9.17) is 0 Å². The first-order chi connectivity index (χ1) is 8.58. The summed E-state index contributed by atoms with van der Waals surface area (Å²) in [4.78, 5) is 23.2. The number of carbonyl (C=O) groups excluding carboxylic acids is 2. The van der Waals surface area contributed by atoms with E-state index in [1.54, 1.807) is 19.1 Å². The van der Waals surface area contributed by atoms with E-state index in [0.717, 1.165) is 12.8 Å². The highest BCUT2D eigenvalue weighted by Crippen LogP contribution is 2.21. The fourth-order valence-corrected chi connectivity index (χ4v) is 1.60. The molecule has 0 aromatic heterocycles. The van der Waals surface area contributed by atoms with Gasteiger partial charge in [-0.05, 0) is 31.4 Å². The molecule has 1 aliphatic carbocycles. The van der Waals surface area contributed by atoms with Gasteiger partial charge in [0.1, 0.15) is 5.75 Å². The van der Waals surface area contributed by atoms with Crippen LogP contribution >= 0.6 is 0 Å². The van der Waals surface area contributed by atoms with Crippen LogP contribution in [0.1, 0.15) is 28.8 Å². The number of para-hydroxylation sites is 1. The Morgan fingerprint density at radius 1 is 1.39 bits per heavy atom. The topological polar surface area (TPSA) is 78.4 Å². The number of aryl methyl sites for hydroxylation is 1. The number of carbonyl (C=O) groups is 2. The zero-order valence-corrected chi connectivity index (χ0v) is 10.2. The zero-order chi connectivity index (χ0) is 13.1. The Bertz CT molecular complexity index is 481. The molecule has 96 valence electrons. The molecule has 0 bridgehead atoms. The molecular weight excluding hydrogens is 232 g/mol. The molecule has 0 spiro atoms. The van der Waals surface area contributed by atoms with Gasteiger partial charge in [-0.1, -0.05) is 12.1 Å². The summed E-state index contributed by atoms with van der Waals surface area (Å²) in [5, 5.41) is 15.0. The van der Waals surface area contributed by atoms with Crippen molar-refractivity contribution in [2.45, 2.75) is 25.8 Å². The highest BCUT2D eigenvalue weighted by Gasteiger charge is 2.23. The van der Waals surface area contributed by atoms with Crippen molar-refractivity contribution in [3.8, 4) is 5.75 Å². The maximum absolute atomic E-state index is 11.8. The average molecular weight is 248 g/mol. The van der Waals surface area contributed by atoms with Gasteiger partial charge >= 0.3 is 0 Å². The van der Waals surface area contributed by atoms with Gasteiger partial charge in [0.25, 0.3) is 5.91 Å². The SMILES string of the molecule is Cc1cccc(C(=O)NCC(=O)NC2CC2)c1O. The summed E-state index contributed by atoms with van der Waals surface area (Å²) in [6, 6.07) is 5.21. The molecule has 0 atom stereocenters. The first-order valence-corrected chi connectivity index (χ1v) is 5.94. The quantitative estimate of drug-likeness (QED) is 0.734. The van der Waals surface area contributed by atoms with E-state index in [2.05, 4.69) is 10.6 Å². The van der Waals surface area contributed by atoms with Gasteiger partial charge in [-0.25, -0.2) is 0 Å². The van der Waals surface area contributed by atoms with Gasteiger partial charge in [0, 0.05) is 6.04 Å². The number of aromatic hydroxyl groups is 1. The smallest absolute Gasteiger partial charge is 0.255 e. The lowest BCUT2D eigenvalue weighted by molar-refractivity contribution is -0.120. The van der Waals surface area contributed by atoms with Gasteiger partial charge in [0.2, 0.25) is 5.91 Å². The minimum Gasteiger partial charge on any atom is -0.507 e. The molecule has 0 aliphatic heterocycles. The second-order valence-corrected chi connectivity index (χ2v) is 4.50. The van der Waals surface area contributed by atoms with E-state index in [9.17, 15) is 14.7 Å². The highest BCUT2D eigenvalue weighted by molar-refractivity contribution is 5.99. The molecule has 5 nitrogen and oxygen atoms in total. The molecule has 1 aromatic carbocycles. The van der Waals surface area contributed by atoms with Gasteiger partial charge in [0.05, 0.1) is 12.1 Å². The summed E-state index contributed by atoms with van der Waals surface area (Å²) >= 11 is 0. The lowest BCUT2D eigenvalue weighted by Crippen LogP contribution is -2.37. The van der Waals surface area contributed by atoms with E-state index < -0.39 is 5.91 Å². The lowest BCUT2D eigenvalue weighted by atomic mass is 10.1. The minimum absolute atomic E-state index is 0.0439. The van der Waals surface area contributed by atoms with Crippen LogP contribution in [0.15, 0.2) is 18.2 Å². The summed E-state index contributed by atoms with van der Waals surface area (Å²) in [5.74, 6) is -0.683.